The van der Waals surface area contributed by atoms with E-state index in [0.29, 0.717) is 22.9 Å². The van der Waals surface area contributed by atoms with Gasteiger partial charge in [0.25, 0.3) is 0 Å². The SMILES string of the molecule is C[C@H](NP(=O)(OC[C@@]1(C)O[C@@H](c2ccc3c(N)ncnn23)C[C@@H]1O)Oc1ccccc1)C(=O)O[C@H]1CC[C@H](c2ccccc2)CC1. The summed E-state index contributed by atoms with van der Waals surface area (Å²) in [5.41, 5.74) is 7.33. The van der Waals surface area contributed by atoms with Crippen molar-refractivity contribution in [2.45, 2.75) is 81.8 Å². The van der Waals surface area contributed by atoms with Crippen LogP contribution in [0.15, 0.2) is 79.1 Å². The maximum atomic E-state index is 14.2. The van der Waals surface area contributed by atoms with Crippen LogP contribution in [0.2, 0.25) is 0 Å². The molecule has 1 aliphatic heterocycles. The van der Waals surface area contributed by atoms with Crippen LogP contribution in [0.4, 0.5) is 5.82 Å². The highest BCUT2D eigenvalue weighted by molar-refractivity contribution is 7.52. The second kappa shape index (κ2) is 13.5. The van der Waals surface area contributed by atoms with E-state index in [0.717, 1.165) is 25.7 Å². The second-order valence-electron chi connectivity index (χ2n) is 12.2. The Kier molecular flexibility index (Phi) is 9.44. The van der Waals surface area contributed by atoms with Crippen molar-refractivity contribution in [1.29, 1.82) is 0 Å². The molecule has 0 amide bonds. The van der Waals surface area contributed by atoms with Gasteiger partial charge in [0.1, 0.15) is 41.4 Å². The van der Waals surface area contributed by atoms with Gasteiger partial charge in [-0.3, -0.25) is 9.32 Å². The smallest absolute Gasteiger partial charge is 0.459 e. The molecular weight excluding hydrogens is 609 g/mol. The van der Waals surface area contributed by atoms with E-state index in [9.17, 15) is 14.5 Å². The first-order valence-corrected chi connectivity index (χ1v) is 17.1. The Bertz CT molecular complexity index is 1680. The number of hydrogen-bond donors (Lipinski definition) is 3. The van der Waals surface area contributed by atoms with Gasteiger partial charge < -0.3 is 24.8 Å². The summed E-state index contributed by atoms with van der Waals surface area (Å²) < 4.78 is 39.7. The zero-order valence-corrected chi connectivity index (χ0v) is 26.8. The maximum Gasteiger partial charge on any atom is 0.459 e. The number of carbonyl (C=O) groups is 1. The molecule has 1 unspecified atom stereocenters. The van der Waals surface area contributed by atoms with Gasteiger partial charge in [0.05, 0.1) is 18.4 Å². The van der Waals surface area contributed by atoms with Crippen molar-refractivity contribution in [2.75, 3.05) is 12.3 Å². The number of aliphatic hydroxyl groups is 1. The van der Waals surface area contributed by atoms with Gasteiger partial charge >= 0.3 is 13.7 Å². The number of carbonyl (C=O) groups excluding carboxylic acids is 1. The van der Waals surface area contributed by atoms with Crippen molar-refractivity contribution < 1.29 is 33.0 Å². The number of esters is 1. The lowest BCUT2D eigenvalue weighted by Crippen LogP contribution is -2.42. The minimum Gasteiger partial charge on any atom is -0.461 e. The van der Waals surface area contributed by atoms with Gasteiger partial charge in [0, 0.05) is 6.42 Å². The van der Waals surface area contributed by atoms with E-state index in [2.05, 4.69) is 27.3 Å². The summed E-state index contributed by atoms with van der Waals surface area (Å²) in [6.07, 6.45) is 3.18. The molecule has 13 heteroatoms. The molecule has 0 bridgehead atoms. The predicted octanol–water partition coefficient (Wildman–Crippen LogP) is 5.34. The van der Waals surface area contributed by atoms with Crippen LogP contribution < -0.4 is 15.3 Å². The highest BCUT2D eigenvalue weighted by atomic mass is 31.2. The number of aromatic nitrogens is 3. The topological polar surface area (TPSA) is 160 Å². The summed E-state index contributed by atoms with van der Waals surface area (Å²) in [5.74, 6) is 0.499. The number of nitrogens with one attached hydrogen (secondary N) is 1. The number of anilines is 1. The van der Waals surface area contributed by atoms with Crippen LogP contribution in [0.3, 0.4) is 0 Å². The molecule has 46 heavy (non-hydrogen) atoms. The van der Waals surface area contributed by atoms with Crippen molar-refractivity contribution in [3.63, 3.8) is 0 Å². The van der Waals surface area contributed by atoms with E-state index in [1.165, 1.54) is 11.9 Å². The minimum absolute atomic E-state index is 0.226. The first kappa shape index (κ1) is 32.2. The molecule has 1 saturated heterocycles. The molecule has 0 spiro atoms. The quantitative estimate of drug-likeness (QED) is 0.142. The van der Waals surface area contributed by atoms with Crippen LogP contribution in [0, 0.1) is 0 Å². The number of nitrogens with two attached hydrogens (primary N) is 1. The minimum atomic E-state index is -4.19. The number of rotatable bonds is 11. The monoisotopic (exact) mass is 649 g/mol. The number of para-hydroxylation sites is 1. The molecule has 12 nitrogen and oxygen atoms in total. The van der Waals surface area contributed by atoms with E-state index < -0.39 is 37.6 Å². The number of ether oxygens (including phenoxy) is 2. The van der Waals surface area contributed by atoms with E-state index in [-0.39, 0.29) is 24.9 Å². The highest BCUT2D eigenvalue weighted by Crippen LogP contribution is 2.48. The molecule has 2 aromatic carbocycles. The van der Waals surface area contributed by atoms with Crippen molar-refractivity contribution in [2.24, 2.45) is 0 Å². The Morgan fingerprint density at radius 2 is 1.80 bits per heavy atom. The van der Waals surface area contributed by atoms with E-state index >= 15 is 0 Å². The van der Waals surface area contributed by atoms with E-state index in [1.807, 2.05) is 24.3 Å². The van der Waals surface area contributed by atoms with Gasteiger partial charge in [0.15, 0.2) is 5.82 Å². The van der Waals surface area contributed by atoms with Crippen LogP contribution in [-0.2, 0) is 23.4 Å². The van der Waals surface area contributed by atoms with E-state index in [1.54, 1.807) is 54.8 Å². The van der Waals surface area contributed by atoms with Gasteiger partial charge in [-0.25, -0.2) is 14.1 Å². The third-order valence-electron chi connectivity index (χ3n) is 8.82. The number of nitrogen functional groups attached to an aromatic ring is 1. The fourth-order valence-corrected chi connectivity index (χ4v) is 7.74. The lowest BCUT2D eigenvalue weighted by Gasteiger charge is -2.31. The average molecular weight is 650 g/mol. The molecule has 4 N–H and O–H groups in total. The number of benzene rings is 2. The van der Waals surface area contributed by atoms with E-state index in [4.69, 9.17) is 24.3 Å². The summed E-state index contributed by atoms with van der Waals surface area (Å²) in [6, 6.07) is 21.5. The fraction of sp³-hybridized carbons (Fsp3) is 0.424. The first-order chi connectivity index (χ1) is 22.1. The van der Waals surface area contributed by atoms with Crippen molar-refractivity contribution in [3.05, 3.63) is 90.4 Å². The van der Waals surface area contributed by atoms with Gasteiger partial charge in [-0.05, 0) is 75.3 Å². The molecule has 2 fully saturated rings. The number of aliphatic hydroxyl groups excluding tert-OH is 1. The number of fused-ring (bicyclic) bond motifs is 1. The molecule has 244 valence electrons. The molecule has 0 radical (unpaired) electrons. The largest absolute Gasteiger partial charge is 0.461 e. The van der Waals surface area contributed by atoms with Crippen LogP contribution in [-0.4, -0.2) is 56.1 Å². The average Bonchev–Trinajstić information content (AvgIpc) is 3.63. The van der Waals surface area contributed by atoms with Crippen LogP contribution in [0.1, 0.15) is 69.2 Å². The molecule has 6 rings (SSSR count). The lowest BCUT2D eigenvalue weighted by atomic mass is 9.83. The highest BCUT2D eigenvalue weighted by Gasteiger charge is 2.48. The second-order valence-corrected chi connectivity index (χ2v) is 13.9. The molecule has 2 aromatic heterocycles. The number of hydrogen-bond acceptors (Lipinski definition) is 10. The Morgan fingerprint density at radius 1 is 1.11 bits per heavy atom. The van der Waals surface area contributed by atoms with Gasteiger partial charge in [-0.15, -0.1) is 0 Å². The third kappa shape index (κ3) is 7.11. The summed E-state index contributed by atoms with van der Waals surface area (Å²) in [7, 11) is -4.19. The Balaban J connectivity index is 1.10. The number of nitrogens with zero attached hydrogens (tertiary/aromatic N) is 3. The summed E-state index contributed by atoms with van der Waals surface area (Å²) in [6.45, 7) is 2.94. The fourth-order valence-electron chi connectivity index (χ4n) is 6.15. The zero-order valence-electron chi connectivity index (χ0n) is 25.9. The lowest BCUT2D eigenvalue weighted by molar-refractivity contribution is -0.152. The van der Waals surface area contributed by atoms with Crippen molar-refractivity contribution in [1.82, 2.24) is 19.7 Å². The van der Waals surface area contributed by atoms with Crippen LogP contribution >= 0.6 is 7.75 Å². The van der Waals surface area contributed by atoms with Crippen LogP contribution in [0.25, 0.3) is 5.52 Å². The molecule has 5 atom stereocenters. The predicted molar refractivity (Wildman–Crippen MR) is 171 cm³/mol. The summed E-state index contributed by atoms with van der Waals surface area (Å²) in [5, 5.41) is 18.1. The standard InChI is InChI=1S/C33H40N5O7P/c1-22(32(40)43-25-15-13-24(14-16-25)23-9-5-3-6-10-23)37-46(41,45-26-11-7-4-8-12-26)42-20-33(2)30(39)19-29(44-33)27-17-18-28-31(34)35-21-36-38(27)28/h3-12,17-18,21-22,24-25,29-30,39H,13-16,19-20H2,1-2H3,(H,37,41)(H2,34,35,36)/t22-,24-,25-,29+,30-,33+,46?/m0/s1. The van der Waals surface area contributed by atoms with Crippen molar-refractivity contribution >= 4 is 25.1 Å². The molecule has 2 aliphatic rings. The molecule has 1 saturated carbocycles. The van der Waals surface area contributed by atoms with Gasteiger partial charge in [-0.2, -0.15) is 10.2 Å². The molecule has 4 aromatic rings. The third-order valence-corrected chi connectivity index (χ3v) is 10.4. The van der Waals surface area contributed by atoms with Crippen LogP contribution in [0.5, 0.6) is 5.75 Å². The first-order valence-electron chi connectivity index (χ1n) is 15.6. The van der Waals surface area contributed by atoms with Gasteiger partial charge in [0.2, 0.25) is 0 Å². The summed E-state index contributed by atoms with van der Waals surface area (Å²) in [4.78, 5) is 17.2. The maximum absolute atomic E-state index is 14.2. The van der Waals surface area contributed by atoms with Crippen molar-refractivity contribution in [3.8, 4) is 5.75 Å². The Labute approximate surface area is 267 Å². The Morgan fingerprint density at radius 3 is 2.52 bits per heavy atom. The molecule has 1 aliphatic carbocycles. The normalized spacial score (nSPS) is 26.8. The summed E-state index contributed by atoms with van der Waals surface area (Å²) >= 11 is 0. The Hall–Kier alpha value is -3.80. The molecule has 3 heterocycles. The zero-order chi connectivity index (χ0) is 32.3. The molecular formula is C33H40N5O7P. The van der Waals surface area contributed by atoms with Gasteiger partial charge in [-0.1, -0.05) is 48.5 Å².